The highest BCUT2D eigenvalue weighted by atomic mass is 16.5. The minimum absolute atomic E-state index is 0.368. The summed E-state index contributed by atoms with van der Waals surface area (Å²) in [6.07, 6.45) is 5.86. The second kappa shape index (κ2) is 3.32. The van der Waals surface area contributed by atoms with E-state index in [9.17, 15) is 0 Å². The van der Waals surface area contributed by atoms with Crippen molar-refractivity contribution in [2.45, 2.75) is 25.5 Å². The zero-order chi connectivity index (χ0) is 7.52. The molecule has 1 saturated heterocycles. The molecule has 0 saturated carbocycles. The average Bonchev–Trinajstić information content (AvgIpc) is 2.58. The van der Waals surface area contributed by atoms with Gasteiger partial charge in [-0.3, -0.25) is 9.89 Å². The molecule has 1 atom stereocenters. The zero-order valence-corrected chi connectivity index (χ0v) is 6.70. The Bertz CT molecular complexity index is 152. The number of rotatable bonds is 1. The van der Waals surface area contributed by atoms with Gasteiger partial charge in [-0.25, -0.2) is 0 Å². The van der Waals surface area contributed by atoms with Gasteiger partial charge in [0, 0.05) is 19.4 Å². The molecule has 62 valence electrons. The Morgan fingerprint density at radius 1 is 1.55 bits per heavy atom. The lowest BCUT2D eigenvalue weighted by Gasteiger charge is -2.27. The van der Waals surface area contributed by atoms with E-state index in [0.717, 1.165) is 26.2 Å². The molecule has 0 aromatic rings. The van der Waals surface area contributed by atoms with E-state index in [-0.39, 0.29) is 0 Å². The zero-order valence-electron chi connectivity index (χ0n) is 6.70. The normalized spacial score (nSPS) is 32.9. The number of nitrogens with zero attached hydrogens (tertiary/aromatic N) is 2. The van der Waals surface area contributed by atoms with Crippen LogP contribution in [-0.2, 0) is 4.74 Å². The molecular weight excluding hydrogens is 140 g/mol. The standard InChI is InChI=1S/C8H14N2O/c1-3-8(11-6-1)10-5-2-4-9-7-10/h4,8H,1-3,5-7H2. The maximum absolute atomic E-state index is 5.54. The van der Waals surface area contributed by atoms with Gasteiger partial charge in [-0.2, -0.15) is 0 Å². The molecule has 1 fully saturated rings. The summed E-state index contributed by atoms with van der Waals surface area (Å²) >= 11 is 0. The van der Waals surface area contributed by atoms with Gasteiger partial charge < -0.3 is 4.74 Å². The van der Waals surface area contributed by atoms with Crippen molar-refractivity contribution in [1.82, 2.24) is 4.90 Å². The quantitative estimate of drug-likeness (QED) is 0.559. The Hall–Kier alpha value is -0.410. The van der Waals surface area contributed by atoms with Crippen LogP contribution in [0.25, 0.3) is 0 Å². The molecule has 3 heteroatoms. The number of aliphatic imine (C=N–C) groups is 1. The Morgan fingerprint density at radius 3 is 3.18 bits per heavy atom. The lowest BCUT2D eigenvalue weighted by molar-refractivity contribution is -0.0185. The van der Waals surface area contributed by atoms with Crippen molar-refractivity contribution in [3.8, 4) is 0 Å². The van der Waals surface area contributed by atoms with Gasteiger partial charge in [0.25, 0.3) is 0 Å². The molecule has 0 N–H and O–H groups in total. The summed E-state index contributed by atoms with van der Waals surface area (Å²) in [5, 5.41) is 0. The second-order valence-corrected chi connectivity index (χ2v) is 3.08. The van der Waals surface area contributed by atoms with Crippen LogP contribution in [-0.4, -0.2) is 37.2 Å². The Kier molecular flexibility index (Phi) is 2.19. The molecule has 0 radical (unpaired) electrons. The Labute approximate surface area is 67.1 Å². The molecule has 2 heterocycles. The van der Waals surface area contributed by atoms with Gasteiger partial charge in [-0.05, 0) is 19.3 Å². The molecule has 0 amide bonds. The summed E-state index contributed by atoms with van der Waals surface area (Å²) < 4.78 is 5.54. The monoisotopic (exact) mass is 154 g/mol. The van der Waals surface area contributed by atoms with Crippen molar-refractivity contribution in [3.63, 3.8) is 0 Å². The van der Waals surface area contributed by atoms with Gasteiger partial charge >= 0.3 is 0 Å². The van der Waals surface area contributed by atoms with E-state index in [4.69, 9.17) is 4.74 Å². The molecular formula is C8H14N2O. The minimum Gasteiger partial charge on any atom is -0.363 e. The Morgan fingerprint density at radius 2 is 2.55 bits per heavy atom. The van der Waals surface area contributed by atoms with Crippen molar-refractivity contribution in [3.05, 3.63) is 0 Å². The third-order valence-corrected chi connectivity index (χ3v) is 2.25. The van der Waals surface area contributed by atoms with Crippen LogP contribution in [0.15, 0.2) is 4.99 Å². The molecule has 1 unspecified atom stereocenters. The van der Waals surface area contributed by atoms with Crippen molar-refractivity contribution in [2.75, 3.05) is 19.8 Å². The molecule has 0 bridgehead atoms. The maximum atomic E-state index is 5.54. The minimum atomic E-state index is 0.368. The molecule has 2 rings (SSSR count). The first-order valence-corrected chi connectivity index (χ1v) is 4.31. The SMILES string of the molecule is C1=NCN(C2CCCO2)CC1. The lowest BCUT2D eigenvalue weighted by Crippen LogP contribution is -2.37. The highest BCUT2D eigenvalue weighted by Gasteiger charge is 2.23. The molecule has 11 heavy (non-hydrogen) atoms. The van der Waals surface area contributed by atoms with Crippen molar-refractivity contribution in [1.29, 1.82) is 0 Å². The molecule has 0 aromatic carbocycles. The van der Waals surface area contributed by atoms with Crippen LogP contribution in [0.2, 0.25) is 0 Å². The fourth-order valence-electron chi connectivity index (χ4n) is 1.63. The summed E-state index contributed by atoms with van der Waals surface area (Å²) in [5.41, 5.74) is 0. The van der Waals surface area contributed by atoms with E-state index in [1.54, 1.807) is 0 Å². The van der Waals surface area contributed by atoms with Gasteiger partial charge in [0.2, 0.25) is 0 Å². The summed E-state index contributed by atoms with van der Waals surface area (Å²) in [5.74, 6) is 0. The van der Waals surface area contributed by atoms with Gasteiger partial charge in [-0.15, -0.1) is 0 Å². The third kappa shape index (κ3) is 1.60. The van der Waals surface area contributed by atoms with Crippen LogP contribution >= 0.6 is 0 Å². The highest BCUT2D eigenvalue weighted by molar-refractivity contribution is 5.58. The fraction of sp³-hybridized carbons (Fsp3) is 0.875. The van der Waals surface area contributed by atoms with Crippen LogP contribution in [0.4, 0.5) is 0 Å². The first kappa shape index (κ1) is 7.25. The van der Waals surface area contributed by atoms with Crippen LogP contribution in [0.1, 0.15) is 19.3 Å². The van der Waals surface area contributed by atoms with E-state index < -0.39 is 0 Å². The smallest absolute Gasteiger partial charge is 0.112 e. The van der Waals surface area contributed by atoms with E-state index in [2.05, 4.69) is 9.89 Å². The van der Waals surface area contributed by atoms with Gasteiger partial charge in [0.1, 0.15) is 6.23 Å². The van der Waals surface area contributed by atoms with Gasteiger partial charge in [0.15, 0.2) is 0 Å². The largest absolute Gasteiger partial charge is 0.363 e. The topological polar surface area (TPSA) is 24.8 Å². The van der Waals surface area contributed by atoms with Crippen molar-refractivity contribution >= 4 is 6.21 Å². The van der Waals surface area contributed by atoms with E-state index >= 15 is 0 Å². The number of hydrogen-bond donors (Lipinski definition) is 0. The summed E-state index contributed by atoms with van der Waals surface area (Å²) in [6.45, 7) is 2.89. The highest BCUT2D eigenvalue weighted by Crippen LogP contribution is 2.17. The summed E-state index contributed by atoms with van der Waals surface area (Å²) in [6, 6.07) is 0. The molecule has 2 aliphatic rings. The van der Waals surface area contributed by atoms with E-state index in [1.165, 1.54) is 12.8 Å². The molecule has 0 spiro atoms. The predicted molar refractivity (Wildman–Crippen MR) is 43.7 cm³/mol. The molecule has 0 aliphatic carbocycles. The number of ether oxygens (including phenoxy) is 1. The first-order chi connectivity index (χ1) is 5.47. The van der Waals surface area contributed by atoms with Crippen LogP contribution < -0.4 is 0 Å². The summed E-state index contributed by atoms with van der Waals surface area (Å²) in [7, 11) is 0. The van der Waals surface area contributed by atoms with Crippen LogP contribution in [0.3, 0.4) is 0 Å². The molecule has 3 nitrogen and oxygen atoms in total. The predicted octanol–water partition coefficient (Wildman–Crippen LogP) is 0.857. The lowest BCUT2D eigenvalue weighted by atomic mass is 10.3. The Balaban J connectivity index is 1.88. The van der Waals surface area contributed by atoms with E-state index in [1.807, 2.05) is 6.21 Å². The number of hydrogen-bond acceptors (Lipinski definition) is 3. The summed E-state index contributed by atoms with van der Waals surface area (Å²) in [4.78, 5) is 6.54. The second-order valence-electron chi connectivity index (χ2n) is 3.08. The molecule has 0 aromatic heterocycles. The fourth-order valence-corrected chi connectivity index (χ4v) is 1.63. The molecule has 2 aliphatic heterocycles. The van der Waals surface area contributed by atoms with Crippen LogP contribution in [0.5, 0.6) is 0 Å². The maximum Gasteiger partial charge on any atom is 0.112 e. The van der Waals surface area contributed by atoms with Crippen molar-refractivity contribution in [2.24, 2.45) is 4.99 Å². The van der Waals surface area contributed by atoms with E-state index in [0.29, 0.717) is 6.23 Å². The van der Waals surface area contributed by atoms with Crippen LogP contribution in [0, 0.1) is 0 Å². The first-order valence-electron chi connectivity index (χ1n) is 4.31. The third-order valence-electron chi connectivity index (χ3n) is 2.25. The van der Waals surface area contributed by atoms with Gasteiger partial charge in [-0.1, -0.05) is 0 Å². The van der Waals surface area contributed by atoms with Crippen molar-refractivity contribution < 1.29 is 4.74 Å². The average molecular weight is 154 g/mol. The van der Waals surface area contributed by atoms with Gasteiger partial charge in [0.05, 0.1) is 6.67 Å².